The number of rotatable bonds is 2. The molecule has 1 aromatic carbocycles. The largest absolute Gasteiger partial charge is 0.369 e. The van der Waals surface area contributed by atoms with Crippen LogP contribution < -0.4 is 5.73 Å². The highest BCUT2D eigenvalue weighted by molar-refractivity contribution is 5.80. The van der Waals surface area contributed by atoms with Crippen LogP contribution in [0.1, 0.15) is 23.7 Å². The van der Waals surface area contributed by atoms with Crippen molar-refractivity contribution in [3.8, 4) is 5.69 Å². The van der Waals surface area contributed by atoms with Crippen LogP contribution in [0.15, 0.2) is 18.2 Å². The van der Waals surface area contributed by atoms with Gasteiger partial charge in [-0.3, -0.25) is 4.57 Å². The number of anilines is 1. The van der Waals surface area contributed by atoms with Gasteiger partial charge in [-0.15, -0.1) is 0 Å². The number of aromatic nitrogens is 4. The summed E-state index contributed by atoms with van der Waals surface area (Å²) >= 11 is 0. The molecule has 0 aliphatic rings. The van der Waals surface area contributed by atoms with Gasteiger partial charge >= 0.3 is 0 Å². The van der Waals surface area contributed by atoms with E-state index in [-0.39, 0.29) is 0 Å². The number of nitrogens with two attached hydrogens (primary N) is 1. The molecular formula is C15H19N5. The van der Waals surface area contributed by atoms with E-state index < -0.39 is 0 Å². The molecule has 2 N–H and O–H groups in total. The Hall–Kier alpha value is -2.30. The van der Waals surface area contributed by atoms with Gasteiger partial charge in [-0.25, -0.2) is 9.67 Å². The van der Waals surface area contributed by atoms with Crippen molar-refractivity contribution in [1.29, 1.82) is 0 Å². The fraction of sp³-hybridized carbons (Fsp3) is 0.333. The molecule has 0 saturated carbocycles. The second-order valence-corrected chi connectivity index (χ2v) is 5.12. The topological polar surface area (TPSA) is 61.7 Å². The Labute approximate surface area is 118 Å². The summed E-state index contributed by atoms with van der Waals surface area (Å²) in [6.07, 6.45) is 0.848. The van der Waals surface area contributed by atoms with Gasteiger partial charge in [0.25, 0.3) is 0 Å². The Morgan fingerprint density at radius 3 is 2.70 bits per heavy atom. The standard InChI is InChI=1S/C15H19N5/c1-5-11-13-14(19(4)18-11)20(15(16)17-13)12-8-6-7-9(2)10(12)3/h6-8H,5H2,1-4H3,(H2,16,17). The van der Waals surface area contributed by atoms with Crippen LogP contribution in [0.25, 0.3) is 16.9 Å². The molecule has 3 aromatic rings. The van der Waals surface area contributed by atoms with Gasteiger partial charge in [0.1, 0.15) is 5.52 Å². The minimum atomic E-state index is 0.511. The van der Waals surface area contributed by atoms with E-state index in [1.165, 1.54) is 11.1 Å². The highest BCUT2D eigenvalue weighted by atomic mass is 15.3. The zero-order valence-corrected chi connectivity index (χ0v) is 12.3. The van der Waals surface area contributed by atoms with Crippen LogP contribution >= 0.6 is 0 Å². The average Bonchev–Trinajstić information content (AvgIpc) is 2.90. The molecule has 0 bridgehead atoms. The van der Waals surface area contributed by atoms with E-state index in [0.29, 0.717) is 5.95 Å². The molecule has 0 aliphatic heterocycles. The molecule has 0 fully saturated rings. The van der Waals surface area contributed by atoms with Crippen LogP contribution in [0.2, 0.25) is 0 Å². The first kappa shape index (κ1) is 12.7. The number of hydrogen-bond donors (Lipinski definition) is 1. The maximum Gasteiger partial charge on any atom is 0.207 e. The van der Waals surface area contributed by atoms with Gasteiger partial charge in [0, 0.05) is 7.05 Å². The summed E-state index contributed by atoms with van der Waals surface area (Å²) in [6.45, 7) is 6.28. The van der Waals surface area contributed by atoms with E-state index in [1.807, 2.05) is 22.4 Å². The minimum Gasteiger partial charge on any atom is -0.369 e. The number of hydrogen-bond acceptors (Lipinski definition) is 3. The highest BCUT2D eigenvalue weighted by Crippen LogP contribution is 2.27. The van der Waals surface area contributed by atoms with Crippen LogP contribution in [-0.2, 0) is 13.5 Å². The first-order chi connectivity index (χ1) is 9.54. The summed E-state index contributed by atoms with van der Waals surface area (Å²) in [5.41, 5.74) is 12.5. The van der Waals surface area contributed by atoms with Gasteiger partial charge < -0.3 is 5.73 Å². The molecular weight excluding hydrogens is 250 g/mol. The summed E-state index contributed by atoms with van der Waals surface area (Å²) in [4.78, 5) is 4.51. The summed E-state index contributed by atoms with van der Waals surface area (Å²) in [7, 11) is 1.93. The number of nitrogens with zero attached hydrogens (tertiary/aromatic N) is 4. The monoisotopic (exact) mass is 269 g/mol. The molecule has 3 rings (SSSR count). The molecule has 0 atom stereocenters. The molecule has 5 heteroatoms. The molecule has 0 saturated heterocycles. The summed E-state index contributed by atoms with van der Waals surface area (Å²) in [5.74, 6) is 0.511. The Balaban J connectivity index is 2.39. The minimum absolute atomic E-state index is 0.511. The zero-order chi connectivity index (χ0) is 14.4. The molecule has 0 spiro atoms. The van der Waals surface area contributed by atoms with Gasteiger partial charge in [-0.1, -0.05) is 19.1 Å². The third-order valence-corrected chi connectivity index (χ3v) is 3.88. The van der Waals surface area contributed by atoms with Crippen molar-refractivity contribution in [2.75, 3.05) is 5.73 Å². The number of nitrogen functional groups attached to an aromatic ring is 1. The normalized spacial score (nSPS) is 11.4. The van der Waals surface area contributed by atoms with E-state index in [1.54, 1.807) is 0 Å². The van der Waals surface area contributed by atoms with E-state index in [2.05, 4.69) is 43.0 Å². The van der Waals surface area contributed by atoms with Crippen LogP contribution in [0.5, 0.6) is 0 Å². The van der Waals surface area contributed by atoms with Crippen LogP contribution in [0, 0.1) is 13.8 Å². The third kappa shape index (κ3) is 1.62. The van der Waals surface area contributed by atoms with E-state index >= 15 is 0 Å². The van der Waals surface area contributed by atoms with Gasteiger partial charge in [-0.2, -0.15) is 5.10 Å². The smallest absolute Gasteiger partial charge is 0.207 e. The third-order valence-electron chi connectivity index (χ3n) is 3.88. The lowest BCUT2D eigenvalue weighted by atomic mass is 10.1. The number of imidazole rings is 1. The van der Waals surface area contributed by atoms with Crippen LogP contribution in [0.3, 0.4) is 0 Å². The van der Waals surface area contributed by atoms with Crippen molar-refractivity contribution in [2.24, 2.45) is 7.05 Å². The Morgan fingerprint density at radius 2 is 2.00 bits per heavy atom. The maximum atomic E-state index is 6.15. The van der Waals surface area contributed by atoms with Crippen molar-refractivity contribution < 1.29 is 0 Å². The molecule has 20 heavy (non-hydrogen) atoms. The van der Waals surface area contributed by atoms with Crippen molar-refractivity contribution in [3.63, 3.8) is 0 Å². The number of benzene rings is 1. The van der Waals surface area contributed by atoms with Crippen molar-refractivity contribution >= 4 is 17.1 Å². The molecule has 0 amide bonds. The molecule has 5 nitrogen and oxygen atoms in total. The Bertz CT molecular complexity index is 794. The van der Waals surface area contributed by atoms with Crippen LogP contribution in [0.4, 0.5) is 5.95 Å². The molecule has 0 aliphatic carbocycles. The quantitative estimate of drug-likeness (QED) is 0.777. The number of fused-ring (bicyclic) bond motifs is 1. The molecule has 0 radical (unpaired) electrons. The average molecular weight is 269 g/mol. The summed E-state index contributed by atoms with van der Waals surface area (Å²) < 4.78 is 3.85. The Morgan fingerprint density at radius 1 is 1.25 bits per heavy atom. The lowest BCUT2D eigenvalue weighted by Gasteiger charge is -2.12. The summed E-state index contributed by atoms with van der Waals surface area (Å²) in [6, 6.07) is 6.21. The zero-order valence-electron chi connectivity index (χ0n) is 12.3. The first-order valence-corrected chi connectivity index (χ1v) is 6.81. The fourth-order valence-electron chi connectivity index (χ4n) is 2.65. The number of aryl methyl sites for hydroxylation is 3. The lowest BCUT2D eigenvalue weighted by molar-refractivity contribution is 0.751. The van der Waals surface area contributed by atoms with Gasteiger partial charge in [0.2, 0.25) is 5.95 Å². The SMILES string of the molecule is CCc1nn(C)c2c1nc(N)n2-c1cccc(C)c1C. The Kier molecular flexibility index (Phi) is 2.78. The predicted octanol–water partition coefficient (Wildman–Crippen LogP) is 2.52. The highest BCUT2D eigenvalue weighted by Gasteiger charge is 2.19. The predicted molar refractivity (Wildman–Crippen MR) is 81.1 cm³/mol. The van der Waals surface area contributed by atoms with Crippen molar-refractivity contribution in [1.82, 2.24) is 19.3 Å². The molecule has 0 unspecified atom stereocenters. The van der Waals surface area contributed by atoms with Crippen molar-refractivity contribution in [3.05, 3.63) is 35.0 Å². The van der Waals surface area contributed by atoms with Crippen molar-refractivity contribution in [2.45, 2.75) is 27.2 Å². The molecule has 2 aromatic heterocycles. The first-order valence-electron chi connectivity index (χ1n) is 6.81. The fourth-order valence-corrected chi connectivity index (χ4v) is 2.65. The summed E-state index contributed by atoms with van der Waals surface area (Å²) in [5, 5.41) is 4.53. The van der Waals surface area contributed by atoms with Gasteiger partial charge in [-0.05, 0) is 37.5 Å². The second kappa shape index (κ2) is 4.37. The van der Waals surface area contributed by atoms with Gasteiger partial charge in [0.15, 0.2) is 5.65 Å². The van der Waals surface area contributed by atoms with E-state index in [9.17, 15) is 0 Å². The van der Waals surface area contributed by atoms with Gasteiger partial charge in [0.05, 0.1) is 11.4 Å². The van der Waals surface area contributed by atoms with E-state index in [0.717, 1.165) is 29.0 Å². The molecule has 2 heterocycles. The second-order valence-electron chi connectivity index (χ2n) is 5.12. The maximum absolute atomic E-state index is 6.15. The molecule has 104 valence electrons. The van der Waals surface area contributed by atoms with E-state index in [4.69, 9.17) is 5.73 Å². The van der Waals surface area contributed by atoms with Crippen LogP contribution in [-0.4, -0.2) is 19.3 Å². The lowest BCUT2D eigenvalue weighted by Crippen LogP contribution is -2.06.